The average molecular weight is 240 g/mol. The molecule has 0 aliphatic carbocycles. The van der Waals surface area contributed by atoms with E-state index in [-0.39, 0.29) is 12.2 Å². The molecular formula is C11H16N2O4. The Bertz CT molecular complexity index is 416. The summed E-state index contributed by atoms with van der Waals surface area (Å²) in [6.45, 7) is 2.05. The first-order valence-corrected chi connectivity index (χ1v) is 5.06. The Morgan fingerprint density at radius 3 is 2.53 bits per heavy atom. The van der Waals surface area contributed by atoms with Gasteiger partial charge in [-0.05, 0) is 13.0 Å². The van der Waals surface area contributed by atoms with Crippen LogP contribution in [0.25, 0.3) is 0 Å². The number of benzene rings is 1. The Kier molecular flexibility index (Phi) is 4.03. The van der Waals surface area contributed by atoms with Crippen molar-refractivity contribution in [1.82, 2.24) is 0 Å². The van der Waals surface area contributed by atoms with E-state index in [4.69, 9.17) is 15.2 Å². The molecule has 0 bridgehead atoms. The first-order chi connectivity index (χ1) is 7.98. The molecule has 94 valence electrons. The van der Waals surface area contributed by atoms with Gasteiger partial charge in [-0.25, -0.2) is 0 Å². The van der Waals surface area contributed by atoms with Crippen molar-refractivity contribution >= 4 is 5.69 Å². The van der Waals surface area contributed by atoms with Crippen molar-refractivity contribution in [3.8, 4) is 5.75 Å². The molecule has 1 atom stereocenters. The Morgan fingerprint density at radius 2 is 2.12 bits per heavy atom. The Labute approximate surface area is 99.5 Å². The number of nitro benzene ring substituents is 1. The number of rotatable bonds is 5. The van der Waals surface area contributed by atoms with Crippen molar-refractivity contribution in [2.45, 2.75) is 12.5 Å². The third-order valence-electron chi connectivity index (χ3n) is 2.81. The summed E-state index contributed by atoms with van der Waals surface area (Å²) in [7, 11) is 2.99. The molecule has 0 fully saturated rings. The van der Waals surface area contributed by atoms with E-state index in [2.05, 4.69) is 0 Å². The van der Waals surface area contributed by atoms with Gasteiger partial charge in [0.2, 0.25) is 0 Å². The van der Waals surface area contributed by atoms with Crippen LogP contribution in [0.1, 0.15) is 12.5 Å². The first kappa shape index (κ1) is 13.4. The molecule has 0 saturated carbocycles. The van der Waals surface area contributed by atoms with Gasteiger partial charge in [0.25, 0.3) is 5.69 Å². The van der Waals surface area contributed by atoms with Gasteiger partial charge >= 0.3 is 0 Å². The number of hydrogen-bond donors (Lipinski definition) is 1. The molecular weight excluding hydrogens is 224 g/mol. The van der Waals surface area contributed by atoms with Crippen molar-refractivity contribution in [3.63, 3.8) is 0 Å². The maximum Gasteiger partial charge on any atom is 0.273 e. The van der Waals surface area contributed by atoms with Crippen LogP contribution in [0.3, 0.4) is 0 Å². The highest BCUT2D eigenvalue weighted by molar-refractivity contribution is 5.47. The SMILES string of the molecule is COc1cc([N+](=O)[O-])ccc1C(C)(CN)OC. The summed E-state index contributed by atoms with van der Waals surface area (Å²) >= 11 is 0. The minimum atomic E-state index is -0.722. The molecule has 1 aromatic carbocycles. The summed E-state index contributed by atoms with van der Waals surface area (Å²) in [4.78, 5) is 10.2. The lowest BCUT2D eigenvalue weighted by atomic mass is 9.94. The van der Waals surface area contributed by atoms with Crippen LogP contribution >= 0.6 is 0 Å². The van der Waals surface area contributed by atoms with Crippen LogP contribution in [-0.4, -0.2) is 25.7 Å². The van der Waals surface area contributed by atoms with E-state index in [0.29, 0.717) is 11.3 Å². The van der Waals surface area contributed by atoms with E-state index in [1.807, 2.05) is 0 Å². The molecule has 6 nitrogen and oxygen atoms in total. The van der Waals surface area contributed by atoms with Gasteiger partial charge in [-0.3, -0.25) is 10.1 Å². The lowest BCUT2D eigenvalue weighted by Crippen LogP contribution is -2.34. The summed E-state index contributed by atoms with van der Waals surface area (Å²) in [6, 6.07) is 4.38. The summed E-state index contributed by atoms with van der Waals surface area (Å²) in [5.41, 5.74) is 5.60. The number of non-ortho nitro benzene ring substituents is 1. The molecule has 0 aromatic heterocycles. The van der Waals surface area contributed by atoms with Crippen LogP contribution < -0.4 is 10.5 Å². The molecule has 1 aromatic rings. The average Bonchev–Trinajstić information content (AvgIpc) is 2.36. The number of hydrogen-bond acceptors (Lipinski definition) is 5. The zero-order valence-corrected chi connectivity index (χ0v) is 10.1. The molecule has 0 amide bonds. The minimum Gasteiger partial charge on any atom is -0.496 e. The highest BCUT2D eigenvalue weighted by Gasteiger charge is 2.29. The van der Waals surface area contributed by atoms with Crippen LogP contribution in [-0.2, 0) is 10.3 Å². The van der Waals surface area contributed by atoms with Gasteiger partial charge in [-0.1, -0.05) is 0 Å². The van der Waals surface area contributed by atoms with Gasteiger partial charge in [-0.2, -0.15) is 0 Å². The van der Waals surface area contributed by atoms with Crippen LogP contribution in [0.4, 0.5) is 5.69 Å². The fraction of sp³-hybridized carbons (Fsp3) is 0.455. The molecule has 0 radical (unpaired) electrons. The second kappa shape index (κ2) is 5.11. The zero-order valence-electron chi connectivity index (χ0n) is 10.1. The number of nitrogens with zero attached hydrogens (tertiary/aromatic N) is 1. The second-order valence-corrected chi connectivity index (χ2v) is 3.78. The van der Waals surface area contributed by atoms with Crippen LogP contribution in [0.2, 0.25) is 0 Å². The minimum absolute atomic E-state index is 0.0268. The van der Waals surface area contributed by atoms with E-state index >= 15 is 0 Å². The van der Waals surface area contributed by atoms with Crippen molar-refractivity contribution in [1.29, 1.82) is 0 Å². The summed E-state index contributed by atoms with van der Waals surface area (Å²) in [5, 5.41) is 10.7. The molecule has 0 saturated heterocycles. The third kappa shape index (κ3) is 2.54. The van der Waals surface area contributed by atoms with Crippen LogP contribution in [0, 0.1) is 10.1 Å². The smallest absolute Gasteiger partial charge is 0.273 e. The molecule has 0 aliphatic heterocycles. The highest BCUT2D eigenvalue weighted by atomic mass is 16.6. The highest BCUT2D eigenvalue weighted by Crippen LogP contribution is 2.34. The van der Waals surface area contributed by atoms with Gasteiger partial charge in [0.15, 0.2) is 0 Å². The largest absolute Gasteiger partial charge is 0.496 e. The molecule has 0 spiro atoms. The number of methoxy groups -OCH3 is 2. The van der Waals surface area contributed by atoms with Crippen molar-refractivity contribution in [2.24, 2.45) is 5.73 Å². The van der Waals surface area contributed by atoms with E-state index in [0.717, 1.165) is 0 Å². The first-order valence-electron chi connectivity index (χ1n) is 5.06. The van der Waals surface area contributed by atoms with E-state index in [9.17, 15) is 10.1 Å². The number of ether oxygens (including phenoxy) is 2. The summed E-state index contributed by atoms with van der Waals surface area (Å²) in [5.74, 6) is 0.397. The zero-order chi connectivity index (χ0) is 13.1. The maximum absolute atomic E-state index is 10.7. The van der Waals surface area contributed by atoms with Crippen molar-refractivity contribution in [2.75, 3.05) is 20.8 Å². The fourth-order valence-electron chi connectivity index (χ4n) is 1.53. The normalized spacial score (nSPS) is 14.1. The van der Waals surface area contributed by atoms with Gasteiger partial charge in [0, 0.05) is 25.3 Å². The van der Waals surface area contributed by atoms with E-state index < -0.39 is 10.5 Å². The topological polar surface area (TPSA) is 87.6 Å². The predicted molar refractivity (Wildman–Crippen MR) is 63.1 cm³/mol. The number of nitrogens with two attached hydrogens (primary N) is 1. The Balaban J connectivity index is 3.30. The van der Waals surface area contributed by atoms with Crippen molar-refractivity contribution < 1.29 is 14.4 Å². The fourth-order valence-corrected chi connectivity index (χ4v) is 1.53. The van der Waals surface area contributed by atoms with Gasteiger partial charge < -0.3 is 15.2 Å². The second-order valence-electron chi connectivity index (χ2n) is 3.78. The lowest BCUT2D eigenvalue weighted by molar-refractivity contribution is -0.385. The van der Waals surface area contributed by atoms with Gasteiger partial charge in [-0.15, -0.1) is 0 Å². The molecule has 6 heteroatoms. The molecule has 0 aliphatic rings. The molecule has 2 N–H and O–H groups in total. The quantitative estimate of drug-likeness (QED) is 0.621. The number of nitro groups is 1. The Hall–Kier alpha value is -1.66. The van der Waals surface area contributed by atoms with E-state index in [1.165, 1.54) is 26.4 Å². The Morgan fingerprint density at radius 1 is 1.47 bits per heavy atom. The molecule has 0 heterocycles. The third-order valence-corrected chi connectivity index (χ3v) is 2.81. The summed E-state index contributed by atoms with van der Waals surface area (Å²) in [6.07, 6.45) is 0. The molecule has 1 unspecified atom stereocenters. The molecule has 17 heavy (non-hydrogen) atoms. The van der Waals surface area contributed by atoms with E-state index in [1.54, 1.807) is 13.0 Å². The monoisotopic (exact) mass is 240 g/mol. The maximum atomic E-state index is 10.7. The van der Waals surface area contributed by atoms with Crippen molar-refractivity contribution in [3.05, 3.63) is 33.9 Å². The predicted octanol–water partition coefficient (Wildman–Crippen LogP) is 1.42. The van der Waals surface area contributed by atoms with Crippen LogP contribution in [0.15, 0.2) is 18.2 Å². The van der Waals surface area contributed by atoms with Crippen LogP contribution in [0.5, 0.6) is 5.75 Å². The molecule has 1 rings (SSSR count). The van der Waals surface area contributed by atoms with Gasteiger partial charge in [0.05, 0.1) is 18.1 Å². The summed E-state index contributed by atoms with van der Waals surface area (Å²) < 4.78 is 10.5. The standard InChI is InChI=1S/C11H16N2O4/c1-11(7-12,17-3)9-5-4-8(13(14)15)6-10(9)16-2/h4-6H,7,12H2,1-3H3. The lowest BCUT2D eigenvalue weighted by Gasteiger charge is -2.28. The van der Waals surface area contributed by atoms with Gasteiger partial charge in [0.1, 0.15) is 11.4 Å².